The number of aliphatic carboxylic acids is 1. The first-order chi connectivity index (χ1) is 9.41. The number of nitrogens with zero attached hydrogens (tertiary/aromatic N) is 3. The first-order valence-electron chi connectivity index (χ1n) is 6.13. The van der Waals surface area contributed by atoms with E-state index >= 15 is 0 Å². The Kier molecular flexibility index (Phi) is 3.68. The number of nitrogens with one attached hydrogen (secondary N) is 1. The average molecular weight is 282 g/mol. The molecule has 0 atom stereocenters. The number of hydrogen-bond donors (Lipinski definition) is 2. The highest BCUT2D eigenvalue weighted by molar-refractivity contribution is 5.96. The first kappa shape index (κ1) is 14.0. The van der Waals surface area contributed by atoms with Crippen molar-refractivity contribution in [3.05, 3.63) is 21.5 Å². The van der Waals surface area contributed by atoms with Crippen LogP contribution in [0.5, 0.6) is 0 Å². The van der Waals surface area contributed by atoms with E-state index in [0.29, 0.717) is 12.8 Å². The number of likely N-dealkylation sites (tertiary alicyclic amines) is 1. The van der Waals surface area contributed by atoms with Gasteiger partial charge in [-0.05, 0) is 19.8 Å². The lowest BCUT2D eigenvalue weighted by Gasteiger charge is -2.29. The molecule has 108 valence electrons. The molecule has 1 aromatic heterocycles. The van der Waals surface area contributed by atoms with Gasteiger partial charge >= 0.3 is 11.7 Å². The number of carboxylic acids is 1. The third kappa shape index (κ3) is 2.46. The van der Waals surface area contributed by atoms with E-state index in [9.17, 15) is 19.7 Å². The fourth-order valence-corrected chi connectivity index (χ4v) is 2.28. The standard InChI is InChI=1S/C11H14N4O5/c1-6-9(15(19)20)8(13-12-6)10(16)14-4-2-7(3-5-14)11(17)18/h7H,2-5H2,1H3,(H,12,13)(H,17,18). The van der Waals surface area contributed by atoms with E-state index in [0.717, 1.165) is 0 Å². The van der Waals surface area contributed by atoms with Gasteiger partial charge in [-0.2, -0.15) is 5.10 Å². The lowest BCUT2D eigenvalue weighted by molar-refractivity contribution is -0.385. The Hall–Kier alpha value is -2.45. The topological polar surface area (TPSA) is 129 Å². The van der Waals surface area contributed by atoms with Crippen LogP contribution in [0.25, 0.3) is 0 Å². The zero-order valence-corrected chi connectivity index (χ0v) is 10.8. The van der Waals surface area contributed by atoms with E-state index in [1.807, 2.05) is 0 Å². The third-order valence-electron chi connectivity index (χ3n) is 3.43. The molecule has 1 saturated heterocycles. The molecular formula is C11H14N4O5. The van der Waals surface area contributed by atoms with Gasteiger partial charge in [-0.25, -0.2) is 0 Å². The molecule has 9 nitrogen and oxygen atoms in total. The fraction of sp³-hybridized carbons (Fsp3) is 0.545. The first-order valence-corrected chi connectivity index (χ1v) is 6.13. The lowest BCUT2D eigenvalue weighted by atomic mass is 9.97. The van der Waals surface area contributed by atoms with Crippen LogP contribution < -0.4 is 0 Å². The van der Waals surface area contributed by atoms with Crippen molar-refractivity contribution >= 4 is 17.6 Å². The van der Waals surface area contributed by atoms with E-state index in [1.54, 1.807) is 0 Å². The van der Waals surface area contributed by atoms with Crippen LogP contribution in [0.2, 0.25) is 0 Å². The number of piperidine rings is 1. The van der Waals surface area contributed by atoms with Crippen molar-refractivity contribution in [2.45, 2.75) is 19.8 Å². The largest absolute Gasteiger partial charge is 0.481 e. The number of aryl methyl sites for hydroxylation is 1. The second-order valence-corrected chi connectivity index (χ2v) is 4.71. The number of carbonyl (C=O) groups excluding carboxylic acids is 1. The zero-order valence-electron chi connectivity index (χ0n) is 10.8. The highest BCUT2D eigenvalue weighted by Gasteiger charge is 2.33. The molecule has 2 heterocycles. The summed E-state index contributed by atoms with van der Waals surface area (Å²) < 4.78 is 0. The summed E-state index contributed by atoms with van der Waals surface area (Å²) in [6.07, 6.45) is 0.691. The van der Waals surface area contributed by atoms with Crippen LogP contribution in [-0.4, -0.2) is 50.1 Å². The minimum Gasteiger partial charge on any atom is -0.481 e. The summed E-state index contributed by atoms with van der Waals surface area (Å²) in [4.78, 5) is 34.7. The summed E-state index contributed by atoms with van der Waals surface area (Å²) in [5.41, 5.74) is -0.324. The van der Waals surface area contributed by atoms with Crippen molar-refractivity contribution in [1.82, 2.24) is 15.1 Å². The predicted octanol–water partition coefficient (Wildman–Crippen LogP) is 0.563. The Bertz CT molecular complexity index is 559. The molecule has 0 aliphatic carbocycles. The average Bonchev–Trinajstić information content (AvgIpc) is 2.80. The Balaban J connectivity index is 2.14. The maximum Gasteiger partial charge on any atom is 0.322 e. The summed E-state index contributed by atoms with van der Waals surface area (Å²) in [5.74, 6) is -1.88. The number of hydrogen-bond acceptors (Lipinski definition) is 5. The summed E-state index contributed by atoms with van der Waals surface area (Å²) >= 11 is 0. The van der Waals surface area contributed by atoms with Gasteiger partial charge < -0.3 is 10.0 Å². The van der Waals surface area contributed by atoms with Gasteiger partial charge in [0.05, 0.1) is 10.8 Å². The lowest BCUT2D eigenvalue weighted by Crippen LogP contribution is -2.40. The maximum absolute atomic E-state index is 12.2. The molecule has 1 aliphatic rings. The number of carbonyl (C=O) groups is 2. The Morgan fingerprint density at radius 2 is 2.05 bits per heavy atom. The van der Waals surface area contributed by atoms with Crippen LogP contribution in [0.3, 0.4) is 0 Å². The van der Waals surface area contributed by atoms with Crippen molar-refractivity contribution in [1.29, 1.82) is 0 Å². The number of aromatic nitrogens is 2. The second-order valence-electron chi connectivity index (χ2n) is 4.71. The van der Waals surface area contributed by atoms with Gasteiger partial charge in [-0.3, -0.25) is 24.8 Å². The molecule has 0 saturated carbocycles. The Morgan fingerprint density at radius 3 is 2.55 bits per heavy atom. The van der Waals surface area contributed by atoms with E-state index in [2.05, 4.69) is 10.2 Å². The molecule has 1 fully saturated rings. The van der Waals surface area contributed by atoms with Crippen molar-refractivity contribution in [2.24, 2.45) is 5.92 Å². The molecule has 20 heavy (non-hydrogen) atoms. The fourth-order valence-electron chi connectivity index (χ4n) is 2.28. The molecular weight excluding hydrogens is 268 g/mol. The summed E-state index contributed by atoms with van der Waals surface area (Å²) in [6, 6.07) is 0. The summed E-state index contributed by atoms with van der Waals surface area (Å²) in [6.45, 7) is 2.00. The van der Waals surface area contributed by atoms with Gasteiger partial charge in [0.25, 0.3) is 5.91 Å². The minimum absolute atomic E-state index is 0.221. The Morgan fingerprint density at radius 1 is 1.45 bits per heavy atom. The smallest absolute Gasteiger partial charge is 0.322 e. The van der Waals surface area contributed by atoms with E-state index in [1.165, 1.54) is 11.8 Å². The highest BCUT2D eigenvalue weighted by atomic mass is 16.6. The molecule has 1 aromatic rings. The number of H-pyrrole nitrogens is 1. The Labute approximate surface area is 113 Å². The normalized spacial score (nSPS) is 16.1. The van der Waals surface area contributed by atoms with E-state index < -0.39 is 22.7 Å². The molecule has 0 unspecified atom stereocenters. The van der Waals surface area contributed by atoms with Crippen LogP contribution in [0.15, 0.2) is 0 Å². The molecule has 0 spiro atoms. The number of aromatic amines is 1. The van der Waals surface area contributed by atoms with Crippen LogP contribution >= 0.6 is 0 Å². The number of nitro groups is 1. The van der Waals surface area contributed by atoms with E-state index in [-0.39, 0.29) is 30.2 Å². The third-order valence-corrected chi connectivity index (χ3v) is 3.43. The van der Waals surface area contributed by atoms with Crippen molar-refractivity contribution in [3.8, 4) is 0 Å². The monoisotopic (exact) mass is 282 g/mol. The van der Waals surface area contributed by atoms with Gasteiger partial charge in [-0.15, -0.1) is 0 Å². The second kappa shape index (κ2) is 5.27. The number of rotatable bonds is 3. The highest BCUT2D eigenvalue weighted by Crippen LogP contribution is 2.24. The SMILES string of the molecule is Cc1[nH]nc(C(=O)N2CCC(C(=O)O)CC2)c1[N+](=O)[O-]. The van der Waals surface area contributed by atoms with Crippen LogP contribution in [0.4, 0.5) is 5.69 Å². The van der Waals surface area contributed by atoms with Gasteiger partial charge in [0.2, 0.25) is 5.69 Å². The summed E-state index contributed by atoms with van der Waals surface area (Å²) in [5, 5.41) is 25.9. The molecule has 0 radical (unpaired) electrons. The van der Waals surface area contributed by atoms with Crippen molar-refractivity contribution in [3.63, 3.8) is 0 Å². The molecule has 1 aliphatic heterocycles. The van der Waals surface area contributed by atoms with Crippen LogP contribution in [-0.2, 0) is 4.79 Å². The van der Waals surface area contributed by atoms with Gasteiger partial charge in [0.1, 0.15) is 5.69 Å². The summed E-state index contributed by atoms with van der Waals surface area (Å²) in [7, 11) is 0. The molecule has 9 heteroatoms. The van der Waals surface area contributed by atoms with Crippen molar-refractivity contribution in [2.75, 3.05) is 13.1 Å². The molecule has 2 N–H and O–H groups in total. The number of carboxylic acid groups (broad SMARTS) is 1. The van der Waals surface area contributed by atoms with Gasteiger partial charge in [-0.1, -0.05) is 0 Å². The minimum atomic E-state index is -0.876. The molecule has 0 bridgehead atoms. The van der Waals surface area contributed by atoms with Crippen molar-refractivity contribution < 1.29 is 19.6 Å². The molecule has 0 aromatic carbocycles. The number of amides is 1. The zero-order chi connectivity index (χ0) is 14.9. The quantitative estimate of drug-likeness (QED) is 0.615. The van der Waals surface area contributed by atoms with Crippen LogP contribution in [0, 0.1) is 23.0 Å². The predicted molar refractivity (Wildman–Crippen MR) is 66.2 cm³/mol. The van der Waals surface area contributed by atoms with Crippen LogP contribution in [0.1, 0.15) is 29.0 Å². The van der Waals surface area contributed by atoms with E-state index in [4.69, 9.17) is 5.11 Å². The van der Waals surface area contributed by atoms with Gasteiger partial charge in [0.15, 0.2) is 0 Å². The van der Waals surface area contributed by atoms with Gasteiger partial charge in [0, 0.05) is 13.1 Å². The molecule has 1 amide bonds. The molecule has 2 rings (SSSR count). The maximum atomic E-state index is 12.2.